The molecule has 0 bridgehead atoms. The number of benzene rings is 1. The van der Waals surface area contributed by atoms with E-state index in [2.05, 4.69) is 58.9 Å². The minimum atomic E-state index is -0.231. The lowest BCUT2D eigenvalue weighted by atomic mass is 10.1. The lowest BCUT2D eigenvalue weighted by molar-refractivity contribution is -0.111. The van der Waals surface area contributed by atoms with Crippen LogP contribution in [0.3, 0.4) is 0 Å². The van der Waals surface area contributed by atoms with Crippen molar-refractivity contribution in [3.05, 3.63) is 72.1 Å². The number of pyridine rings is 1. The number of hydrogen-bond acceptors (Lipinski definition) is 4. The molecule has 1 amide bonds. The number of carbonyl (C=O) groups excluding carboxylic acids is 1. The summed E-state index contributed by atoms with van der Waals surface area (Å²) < 4.78 is 0. The van der Waals surface area contributed by atoms with E-state index >= 15 is 0 Å². The molecule has 2 aromatic rings. The average Bonchev–Trinajstić information content (AvgIpc) is 2.61. The van der Waals surface area contributed by atoms with Crippen LogP contribution in [0.2, 0.25) is 0 Å². The highest BCUT2D eigenvalue weighted by Gasteiger charge is 2.06. The number of aromatic nitrogens is 1. The number of amides is 1. The topological polar surface area (TPSA) is 66.0 Å². The van der Waals surface area contributed by atoms with Gasteiger partial charge in [0.05, 0.1) is 11.4 Å². The van der Waals surface area contributed by atoms with Gasteiger partial charge in [0.25, 0.3) is 0 Å². The van der Waals surface area contributed by atoms with E-state index < -0.39 is 0 Å². The summed E-state index contributed by atoms with van der Waals surface area (Å²) in [5.41, 5.74) is 10.3. The molecule has 5 heteroatoms. The Kier molecular flexibility index (Phi) is 7.14. The van der Waals surface area contributed by atoms with Crippen LogP contribution >= 0.6 is 0 Å². The van der Waals surface area contributed by atoms with Crippen LogP contribution in [0.5, 0.6) is 0 Å². The van der Waals surface area contributed by atoms with E-state index in [1.54, 1.807) is 12.3 Å². The predicted octanol–water partition coefficient (Wildman–Crippen LogP) is 2.80. The quantitative estimate of drug-likeness (QED) is 0.377. The summed E-state index contributed by atoms with van der Waals surface area (Å²) in [6.45, 7) is 7.34. The molecule has 0 aliphatic rings. The van der Waals surface area contributed by atoms with Crippen LogP contribution in [-0.2, 0) is 17.8 Å². The number of hydrogen-bond donors (Lipinski definition) is 3. The Labute approximate surface area is 143 Å². The fourth-order valence-corrected chi connectivity index (χ4v) is 2.22. The summed E-state index contributed by atoms with van der Waals surface area (Å²) in [5, 5.41) is 2.79. The van der Waals surface area contributed by atoms with Gasteiger partial charge in [-0.1, -0.05) is 37.8 Å². The maximum atomic E-state index is 11.5. The third-order valence-electron chi connectivity index (χ3n) is 3.52. The van der Waals surface area contributed by atoms with Crippen molar-refractivity contribution in [2.24, 2.45) is 0 Å². The summed E-state index contributed by atoms with van der Waals surface area (Å²) in [4.78, 5) is 15.9. The highest BCUT2D eigenvalue weighted by atomic mass is 16.1. The van der Waals surface area contributed by atoms with Gasteiger partial charge < -0.3 is 5.32 Å². The van der Waals surface area contributed by atoms with E-state index in [-0.39, 0.29) is 5.91 Å². The molecule has 0 fully saturated rings. The van der Waals surface area contributed by atoms with Gasteiger partial charge in [0.2, 0.25) is 5.91 Å². The SMILES string of the molecule is C=CC(=O)Nc1cccnc1Cc1ccc(CNNCCC)cc1. The van der Waals surface area contributed by atoms with Crippen LogP contribution in [0.25, 0.3) is 0 Å². The van der Waals surface area contributed by atoms with Crippen molar-refractivity contribution < 1.29 is 4.79 Å². The summed E-state index contributed by atoms with van der Waals surface area (Å²) in [6, 6.07) is 12.0. The van der Waals surface area contributed by atoms with Gasteiger partial charge in [-0.2, -0.15) is 0 Å². The van der Waals surface area contributed by atoms with Gasteiger partial charge in [-0.05, 0) is 35.8 Å². The fourth-order valence-electron chi connectivity index (χ4n) is 2.22. The fraction of sp³-hybridized carbons (Fsp3) is 0.263. The second kappa shape index (κ2) is 9.60. The Balaban J connectivity index is 1.98. The Morgan fingerprint density at radius 3 is 2.62 bits per heavy atom. The molecule has 1 aromatic heterocycles. The number of carbonyl (C=O) groups is 1. The van der Waals surface area contributed by atoms with Crippen LogP contribution in [0, 0.1) is 0 Å². The molecule has 0 saturated heterocycles. The number of nitrogens with zero attached hydrogens (tertiary/aromatic N) is 1. The maximum Gasteiger partial charge on any atom is 0.247 e. The summed E-state index contributed by atoms with van der Waals surface area (Å²) in [7, 11) is 0. The summed E-state index contributed by atoms with van der Waals surface area (Å²) >= 11 is 0. The molecule has 5 nitrogen and oxygen atoms in total. The first-order valence-corrected chi connectivity index (χ1v) is 8.13. The van der Waals surface area contributed by atoms with E-state index in [0.717, 1.165) is 36.5 Å². The Morgan fingerprint density at radius 1 is 1.17 bits per heavy atom. The van der Waals surface area contributed by atoms with Gasteiger partial charge in [-0.25, -0.2) is 0 Å². The van der Waals surface area contributed by atoms with Crippen molar-refractivity contribution in [1.82, 2.24) is 15.8 Å². The van der Waals surface area contributed by atoms with Crippen molar-refractivity contribution in [2.75, 3.05) is 11.9 Å². The molecular weight excluding hydrogens is 300 g/mol. The van der Waals surface area contributed by atoms with Crippen LogP contribution < -0.4 is 16.2 Å². The van der Waals surface area contributed by atoms with Gasteiger partial charge in [0.1, 0.15) is 0 Å². The highest BCUT2D eigenvalue weighted by molar-refractivity contribution is 5.99. The van der Waals surface area contributed by atoms with Crippen LogP contribution in [0.1, 0.15) is 30.2 Å². The Morgan fingerprint density at radius 2 is 1.92 bits per heavy atom. The number of rotatable bonds is 9. The molecular formula is C19H24N4O. The Bertz CT molecular complexity index is 667. The van der Waals surface area contributed by atoms with Crippen molar-refractivity contribution in [2.45, 2.75) is 26.3 Å². The highest BCUT2D eigenvalue weighted by Crippen LogP contribution is 2.17. The predicted molar refractivity (Wildman–Crippen MR) is 97.4 cm³/mol. The van der Waals surface area contributed by atoms with Crippen molar-refractivity contribution >= 4 is 11.6 Å². The second-order valence-electron chi connectivity index (χ2n) is 5.46. The molecule has 0 atom stereocenters. The molecule has 0 saturated carbocycles. The van der Waals surface area contributed by atoms with Gasteiger partial charge in [-0.15, -0.1) is 0 Å². The molecule has 24 heavy (non-hydrogen) atoms. The minimum absolute atomic E-state index is 0.231. The maximum absolute atomic E-state index is 11.5. The molecule has 0 unspecified atom stereocenters. The van der Waals surface area contributed by atoms with E-state index in [1.807, 2.05) is 6.07 Å². The van der Waals surface area contributed by atoms with E-state index in [1.165, 1.54) is 11.6 Å². The van der Waals surface area contributed by atoms with E-state index in [4.69, 9.17) is 0 Å². The third kappa shape index (κ3) is 5.61. The largest absolute Gasteiger partial charge is 0.321 e. The normalized spacial score (nSPS) is 10.4. The monoisotopic (exact) mass is 324 g/mol. The first-order valence-electron chi connectivity index (χ1n) is 8.13. The van der Waals surface area contributed by atoms with Crippen LogP contribution in [0.4, 0.5) is 5.69 Å². The second-order valence-corrected chi connectivity index (χ2v) is 5.46. The van der Waals surface area contributed by atoms with Gasteiger partial charge in [-0.3, -0.25) is 20.6 Å². The zero-order chi connectivity index (χ0) is 17.2. The van der Waals surface area contributed by atoms with Crippen molar-refractivity contribution in [3.8, 4) is 0 Å². The van der Waals surface area contributed by atoms with E-state index in [0.29, 0.717) is 6.42 Å². The van der Waals surface area contributed by atoms with Gasteiger partial charge >= 0.3 is 0 Å². The lowest BCUT2D eigenvalue weighted by Gasteiger charge is -2.10. The average molecular weight is 324 g/mol. The minimum Gasteiger partial charge on any atom is -0.321 e. The smallest absolute Gasteiger partial charge is 0.247 e. The van der Waals surface area contributed by atoms with Gasteiger partial charge in [0, 0.05) is 25.7 Å². The number of hydrazine groups is 1. The first-order chi connectivity index (χ1) is 11.7. The van der Waals surface area contributed by atoms with Crippen molar-refractivity contribution in [3.63, 3.8) is 0 Å². The van der Waals surface area contributed by atoms with E-state index in [9.17, 15) is 4.79 Å². The van der Waals surface area contributed by atoms with Gasteiger partial charge in [0.15, 0.2) is 0 Å². The standard InChI is InChI=1S/C19H24N4O/c1-3-11-21-22-14-16-9-7-15(8-10-16)13-18-17(6-5-12-20-18)23-19(24)4-2/h4-10,12,21-22H,2-3,11,13-14H2,1H3,(H,23,24). The molecule has 0 radical (unpaired) electrons. The molecule has 3 N–H and O–H groups in total. The Hall–Kier alpha value is -2.50. The number of anilines is 1. The van der Waals surface area contributed by atoms with Crippen LogP contribution in [0.15, 0.2) is 55.3 Å². The molecule has 0 aliphatic carbocycles. The summed E-state index contributed by atoms with van der Waals surface area (Å²) in [5.74, 6) is -0.231. The zero-order valence-electron chi connectivity index (χ0n) is 14.0. The third-order valence-corrected chi connectivity index (χ3v) is 3.52. The first kappa shape index (κ1) is 17.8. The molecule has 1 aromatic carbocycles. The molecule has 2 rings (SSSR count). The molecule has 1 heterocycles. The lowest BCUT2D eigenvalue weighted by Crippen LogP contribution is -2.31. The zero-order valence-corrected chi connectivity index (χ0v) is 14.0. The number of nitrogens with one attached hydrogen (secondary N) is 3. The van der Waals surface area contributed by atoms with Crippen LogP contribution in [-0.4, -0.2) is 17.4 Å². The molecule has 0 aliphatic heterocycles. The molecule has 126 valence electrons. The van der Waals surface area contributed by atoms with Crippen molar-refractivity contribution in [1.29, 1.82) is 0 Å². The summed E-state index contributed by atoms with van der Waals surface area (Å²) in [6.07, 6.45) is 4.75. The molecule has 0 spiro atoms.